The minimum absolute atomic E-state index is 0.240. The van der Waals surface area contributed by atoms with Gasteiger partial charge in [-0.1, -0.05) is 29.3 Å². The fourth-order valence-corrected chi connectivity index (χ4v) is 5.46. The molecule has 6 nitrogen and oxygen atoms in total. The first-order valence-electron chi connectivity index (χ1n) is 12.5. The molecule has 0 bridgehead atoms. The van der Waals surface area contributed by atoms with Crippen molar-refractivity contribution in [1.29, 1.82) is 0 Å². The number of halogens is 2. The van der Waals surface area contributed by atoms with Gasteiger partial charge in [-0.3, -0.25) is 4.90 Å². The highest BCUT2D eigenvalue weighted by atomic mass is 35.5. The summed E-state index contributed by atoms with van der Waals surface area (Å²) < 4.78 is 20.9. The standard InChI is InChI=1S/C28H33Cl2N3O3/c1-21(2)32-13-15-33(16-14-32)23-6-8-24(9-7-23)34-18-25-19-35-28(36-25,20-31-11-3-4-12-31)26-10-5-22(29)17-27(26)30/h3-12,17,21,25H,13-16,18-20H2,1-2H3/t25-,28+/m0/s1. The van der Waals surface area contributed by atoms with E-state index in [0.29, 0.717) is 35.8 Å². The Kier molecular flexibility index (Phi) is 7.79. The van der Waals surface area contributed by atoms with Crippen molar-refractivity contribution in [2.75, 3.05) is 44.3 Å². The van der Waals surface area contributed by atoms with Crippen LogP contribution in [0.3, 0.4) is 0 Å². The van der Waals surface area contributed by atoms with Crippen molar-refractivity contribution in [3.05, 3.63) is 82.6 Å². The van der Waals surface area contributed by atoms with E-state index in [4.69, 9.17) is 37.4 Å². The molecule has 2 aliphatic rings. The van der Waals surface area contributed by atoms with Crippen molar-refractivity contribution in [2.45, 2.75) is 38.3 Å². The van der Waals surface area contributed by atoms with Gasteiger partial charge in [-0.25, -0.2) is 0 Å². The smallest absolute Gasteiger partial charge is 0.215 e. The van der Waals surface area contributed by atoms with Crippen molar-refractivity contribution >= 4 is 28.9 Å². The lowest BCUT2D eigenvalue weighted by molar-refractivity contribution is -0.189. The summed E-state index contributed by atoms with van der Waals surface area (Å²) in [4.78, 5) is 4.95. The summed E-state index contributed by atoms with van der Waals surface area (Å²) in [5.41, 5.74) is 1.99. The van der Waals surface area contributed by atoms with Crippen LogP contribution in [0.25, 0.3) is 0 Å². The molecule has 2 atom stereocenters. The van der Waals surface area contributed by atoms with Crippen LogP contribution in [-0.4, -0.2) is 61.0 Å². The third kappa shape index (κ3) is 5.68. The predicted molar refractivity (Wildman–Crippen MR) is 144 cm³/mol. The summed E-state index contributed by atoms with van der Waals surface area (Å²) in [5, 5.41) is 1.09. The van der Waals surface area contributed by atoms with E-state index in [1.807, 2.05) is 47.3 Å². The number of ether oxygens (including phenoxy) is 3. The molecule has 8 heteroatoms. The highest BCUT2D eigenvalue weighted by molar-refractivity contribution is 6.35. The molecule has 36 heavy (non-hydrogen) atoms. The third-order valence-corrected chi connectivity index (χ3v) is 7.49. The average Bonchev–Trinajstić information content (AvgIpc) is 3.54. The molecule has 0 saturated carbocycles. The summed E-state index contributed by atoms with van der Waals surface area (Å²) in [5.74, 6) is -0.202. The largest absolute Gasteiger partial charge is 0.491 e. The number of hydrogen-bond acceptors (Lipinski definition) is 5. The first-order chi connectivity index (χ1) is 17.4. The molecule has 2 aromatic carbocycles. The zero-order valence-electron chi connectivity index (χ0n) is 20.8. The van der Waals surface area contributed by atoms with Crippen molar-refractivity contribution in [2.24, 2.45) is 0 Å². The number of anilines is 1. The summed E-state index contributed by atoms with van der Waals surface area (Å²) >= 11 is 12.7. The first-order valence-corrected chi connectivity index (χ1v) is 13.3. The molecule has 192 valence electrons. The highest BCUT2D eigenvalue weighted by Gasteiger charge is 2.45. The van der Waals surface area contributed by atoms with E-state index < -0.39 is 5.79 Å². The second kappa shape index (κ2) is 11.0. The maximum Gasteiger partial charge on any atom is 0.215 e. The molecule has 0 unspecified atom stereocenters. The molecule has 0 radical (unpaired) electrons. The zero-order chi connectivity index (χ0) is 25.1. The molecule has 2 aliphatic heterocycles. The van der Waals surface area contributed by atoms with E-state index in [-0.39, 0.29) is 6.10 Å². The van der Waals surface area contributed by atoms with Crippen LogP contribution in [0, 0.1) is 0 Å². The number of benzene rings is 2. The van der Waals surface area contributed by atoms with Gasteiger partial charge >= 0.3 is 0 Å². The summed E-state index contributed by atoms with van der Waals surface area (Å²) in [6.45, 7) is 10.0. The van der Waals surface area contributed by atoms with Gasteiger partial charge in [0.05, 0.1) is 18.2 Å². The van der Waals surface area contributed by atoms with Crippen LogP contribution in [0.2, 0.25) is 10.0 Å². The van der Waals surface area contributed by atoms with Gasteiger partial charge in [0.2, 0.25) is 5.79 Å². The molecule has 0 spiro atoms. The second-order valence-corrected chi connectivity index (χ2v) is 10.5. The molecule has 5 rings (SSSR count). The van der Waals surface area contributed by atoms with Crippen LogP contribution in [-0.2, 0) is 21.8 Å². The fourth-order valence-electron chi connectivity index (χ4n) is 4.91. The number of aromatic nitrogens is 1. The van der Waals surface area contributed by atoms with E-state index in [1.165, 1.54) is 5.69 Å². The van der Waals surface area contributed by atoms with Crippen molar-refractivity contribution in [3.8, 4) is 5.75 Å². The Bertz CT molecular complexity index is 1130. The predicted octanol–water partition coefficient (Wildman–Crippen LogP) is 5.67. The Labute approximate surface area is 223 Å². The summed E-state index contributed by atoms with van der Waals surface area (Å²) in [7, 11) is 0. The first kappa shape index (κ1) is 25.4. The summed E-state index contributed by atoms with van der Waals surface area (Å²) in [6, 6.07) is 18.3. The Morgan fingerprint density at radius 2 is 1.72 bits per heavy atom. The molecule has 0 aliphatic carbocycles. The Morgan fingerprint density at radius 3 is 2.39 bits per heavy atom. The van der Waals surface area contributed by atoms with Crippen molar-refractivity contribution in [3.63, 3.8) is 0 Å². The normalized spacial score (nSPS) is 22.9. The molecule has 0 amide bonds. The van der Waals surface area contributed by atoms with E-state index in [1.54, 1.807) is 12.1 Å². The molecule has 2 fully saturated rings. The fraction of sp³-hybridized carbons (Fsp3) is 0.429. The lowest BCUT2D eigenvalue weighted by Gasteiger charge is -2.38. The Balaban J connectivity index is 1.21. The van der Waals surface area contributed by atoms with E-state index in [9.17, 15) is 0 Å². The van der Waals surface area contributed by atoms with E-state index in [2.05, 4.69) is 35.8 Å². The minimum Gasteiger partial charge on any atom is -0.491 e. The van der Waals surface area contributed by atoms with Crippen LogP contribution in [0.15, 0.2) is 67.0 Å². The molecule has 0 N–H and O–H groups in total. The van der Waals surface area contributed by atoms with Gasteiger partial charge in [-0.2, -0.15) is 0 Å². The van der Waals surface area contributed by atoms with E-state index in [0.717, 1.165) is 37.5 Å². The van der Waals surface area contributed by atoms with Gasteiger partial charge in [-0.05, 0) is 62.4 Å². The van der Waals surface area contributed by atoms with Crippen LogP contribution >= 0.6 is 23.2 Å². The number of rotatable bonds is 8. The van der Waals surface area contributed by atoms with Crippen molar-refractivity contribution < 1.29 is 14.2 Å². The van der Waals surface area contributed by atoms with Crippen LogP contribution in [0.5, 0.6) is 5.75 Å². The van der Waals surface area contributed by atoms with Crippen LogP contribution in [0.1, 0.15) is 19.4 Å². The molecule has 1 aromatic heterocycles. The number of nitrogens with zero attached hydrogens (tertiary/aromatic N) is 3. The molecule has 3 aromatic rings. The van der Waals surface area contributed by atoms with Gasteiger partial charge in [0.15, 0.2) is 0 Å². The molecular formula is C28H33Cl2N3O3. The van der Waals surface area contributed by atoms with E-state index >= 15 is 0 Å². The van der Waals surface area contributed by atoms with Gasteiger partial charge in [-0.15, -0.1) is 0 Å². The second-order valence-electron chi connectivity index (χ2n) is 9.70. The maximum absolute atomic E-state index is 6.57. The SMILES string of the molecule is CC(C)N1CCN(c2ccc(OC[C@H]3CO[C@@](Cn4cccc4)(c4ccc(Cl)cc4Cl)O3)cc2)CC1. The minimum atomic E-state index is -1.02. The molecule has 3 heterocycles. The zero-order valence-corrected chi connectivity index (χ0v) is 22.3. The molecular weight excluding hydrogens is 497 g/mol. The maximum atomic E-state index is 6.57. The summed E-state index contributed by atoms with van der Waals surface area (Å²) in [6.07, 6.45) is 3.72. The van der Waals surface area contributed by atoms with Crippen LogP contribution < -0.4 is 9.64 Å². The third-order valence-electron chi connectivity index (χ3n) is 6.94. The van der Waals surface area contributed by atoms with Gasteiger partial charge < -0.3 is 23.7 Å². The lowest BCUT2D eigenvalue weighted by atomic mass is 10.1. The Hall–Kier alpha value is -2.22. The lowest BCUT2D eigenvalue weighted by Crippen LogP contribution is -2.48. The molecule has 2 saturated heterocycles. The van der Waals surface area contributed by atoms with Gasteiger partial charge in [0, 0.05) is 60.9 Å². The monoisotopic (exact) mass is 529 g/mol. The quantitative estimate of drug-likeness (QED) is 0.375. The highest BCUT2D eigenvalue weighted by Crippen LogP contribution is 2.40. The number of piperazine rings is 1. The van der Waals surface area contributed by atoms with Gasteiger partial charge in [0.1, 0.15) is 18.5 Å². The van der Waals surface area contributed by atoms with Crippen molar-refractivity contribution in [1.82, 2.24) is 9.47 Å². The Morgan fingerprint density at radius 1 is 1.00 bits per heavy atom. The average molecular weight is 530 g/mol. The van der Waals surface area contributed by atoms with Gasteiger partial charge in [0.25, 0.3) is 0 Å². The topological polar surface area (TPSA) is 39.1 Å². The van der Waals surface area contributed by atoms with Crippen LogP contribution in [0.4, 0.5) is 5.69 Å². The number of hydrogen-bond donors (Lipinski definition) is 0.